The lowest BCUT2D eigenvalue weighted by Gasteiger charge is -2.15. The number of hydrogen-bond acceptors (Lipinski definition) is 6. The molecule has 29 heavy (non-hydrogen) atoms. The minimum atomic E-state index is -4.51. The molecule has 1 N–H and O–H groups in total. The summed E-state index contributed by atoms with van der Waals surface area (Å²) in [6, 6.07) is 8.60. The van der Waals surface area contributed by atoms with Crippen molar-refractivity contribution in [2.24, 2.45) is 0 Å². The maximum atomic E-state index is 12.2. The number of aromatic nitrogens is 1. The maximum absolute atomic E-state index is 12.2. The second kappa shape index (κ2) is 9.18. The number of ether oxygens (including phenoxy) is 2. The minimum Gasteiger partial charge on any atom is -0.468 e. The molecule has 0 bridgehead atoms. The molecule has 1 heterocycles. The van der Waals surface area contributed by atoms with E-state index in [0.29, 0.717) is 5.56 Å². The van der Waals surface area contributed by atoms with Gasteiger partial charge in [0, 0.05) is 17.8 Å². The van der Waals surface area contributed by atoms with Crippen LogP contribution < -0.4 is 10.1 Å². The van der Waals surface area contributed by atoms with Crippen molar-refractivity contribution in [3.63, 3.8) is 0 Å². The zero-order valence-electron chi connectivity index (χ0n) is 15.4. The van der Waals surface area contributed by atoms with Crippen LogP contribution in [0, 0.1) is 0 Å². The Labute approximate surface area is 163 Å². The average Bonchev–Trinajstić information content (AvgIpc) is 2.66. The number of nitrogens with zero attached hydrogens (tertiary/aromatic N) is 1. The second-order valence-corrected chi connectivity index (χ2v) is 5.93. The van der Waals surface area contributed by atoms with Crippen molar-refractivity contribution < 1.29 is 37.0 Å². The molecule has 2 rings (SSSR count). The van der Waals surface area contributed by atoms with Crippen LogP contribution in [0.15, 0.2) is 42.6 Å². The average molecular weight is 410 g/mol. The highest BCUT2D eigenvalue weighted by Crippen LogP contribution is 2.18. The minimum absolute atomic E-state index is 0.0758. The highest BCUT2D eigenvalue weighted by Gasteiger charge is 2.28. The fourth-order valence-electron chi connectivity index (χ4n) is 2.16. The fraction of sp³-hybridized carbons (Fsp3) is 0.263. The number of ketones is 1. The predicted molar refractivity (Wildman–Crippen MR) is 95.7 cm³/mol. The molecule has 2 aromatic rings. The molecular weight excluding hydrogens is 393 g/mol. The third-order valence-electron chi connectivity index (χ3n) is 3.57. The van der Waals surface area contributed by atoms with Crippen LogP contribution in [-0.4, -0.2) is 41.5 Å². The lowest BCUT2D eigenvalue weighted by Crippen LogP contribution is -2.30. The van der Waals surface area contributed by atoms with Crippen LogP contribution in [0.2, 0.25) is 0 Å². The zero-order valence-corrected chi connectivity index (χ0v) is 15.4. The predicted octanol–water partition coefficient (Wildman–Crippen LogP) is 3.41. The third-order valence-corrected chi connectivity index (χ3v) is 3.57. The zero-order chi connectivity index (χ0) is 21.6. The standard InChI is InChI=1S/C19H17F3N2O5/c1-11(25)14-5-3-4-6-15(14)24-17(26)12(2)29-18(27)13-7-8-16(23-9-13)28-10-19(20,21)22/h3-9,12H,10H2,1-2H3,(H,24,26)/t12-/m0/s1. The summed E-state index contributed by atoms with van der Waals surface area (Å²) in [5, 5.41) is 2.51. The summed E-state index contributed by atoms with van der Waals surface area (Å²) in [6.45, 7) is 1.17. The summed E-state index contributed by atoms with van der Waals surface area (Å²) >= 11 is 0. The smallest absolute Gasteiger partial charge is 0.422 e. The van der Waals surface area contributed by atoms with E-state index < -0.39 is 30.8 Å². The van der Waals surface area contributed by atoms with Crippen LogP contribution in [0.25, 0.3) is 0 Å². The van der Waals surface area contributed by atoms with E-state index in [-0.39, 0.29) is 22.9 Å². The third kappa shape index (κ3) is 6.59. The number of rotatable bonds is 7. The summed E-state index contributed by atoms with van der Waals surface area (Å²) in [7, 11) is 0. The Hall–Kier alpha value is -3.43. The molecule has 0 saturated heterocycles. The molecule has 0 fully saturated rings. The summed E-state index contributed by atoms with van der Waals surface area (Å²) in [5.74, 6) is -2.12. The topological polar surface area (TPSA) is 94.6 Å². The van der Waals surface area contributed by atoms with Gasteiger partial charge in [-0.3, -0.25) is 9.59 Å². The number of esters is 1. The van der Waals surface area contributed by atoms with Crippen LogP contribution in [0.5, 0.6) is 5.88 Å². The SMILES string of the molecule is CC(=O)c1ccccc1NC(=O)[C@H](C)OC(=O)c1ccc(OCC(F)(F)F)nc1. The van der Waals surface area contributed by atoms with Crippen molar-refractivity contribution in [1.82, 2.24) is 4.98 Å². The first-order valence-corrected chi connectivity index (χ1v) is 8.34. The largest absolute Gasteiger partial charge is 0.468 e. The summed E-state index contributed by atoms with van der Waals surface area (Å²) in [4.78, 5) is 39.5. The molecule has 0 radical (unpaired) electrons. The molecule has 0 aliphatic heterocycles. The quantitative estimate of drug-likeness (QED) is 0.555. The number of pyridine rings is 1. The molecule has 1 aromatic heterocycles. The first-order valence-electron chi connectivity index (χ1n) is 8.34. The van der Waals surface area contributed by atoms with E-state index in [1.807, 2.05) is 0 Å². The van der Waals surface area contributed by atoms with Crippen LogP contribution in [0.3, 0.4) is 0 Å². The Morgan fingerprint density at radius 3 is 2.41 bits per heavy atom. The first kappa shape index (κ1) is 21.9. The molecule has 154 valence electrons. The van der Waals surface area contributed by atoms with Crippen LogP contribution in [0.4, 0.5) is 18.9 Å². The van der Waals surface area contributed by atoms with Crippen molar-refractivity contribution in [2.45, 2.75) is 26.1 Å². The molecule has 1 aromatic carbocycles. The summed E-state index contributed by atoms with van der Waals surface area (Å²) < 4.78 is 45.8. The van der Waals surface area contributed by atoms with Gasteiger partial charge in [-0.1, -0.05) is 12.1 Å². The maximum Gasteiger partial charge on any atom is 0.422 e. The van der Waals surface area contributed by atoms with Gasteiger partial charge in [0.15, 0.2) is 18.5 Å². The molecule has 10 heteroatoms. The lowest BCUT2D eigenvalue weighted by atomic mass is 10.1. The number of nitrogens with one attached hydrogen (secondary N) is 1. The van der Waals surface area contributed by atoms with Gasteiger partial charge in [0.1, 0.15) is 0 Å². The first-order chi connectivity index (χ1) is 13.6. The number of hydrogen-bond donors (Lipinski definition) is 1. The van der Waals surface area contributed by atoms with E-state index >= 15 is 0 Å². The number of benzene rings is 1. The number of carbonyl (C=O) groups excluding carboxylic acids is 3. The Kier molecular flexibility index (Phi) is 6.92. The van der Waals surface area contributed by atoms with Gasteiger partial charge < -0.3 is 14.8 Å². The monoisotopic (exact) mass is 410 g/mol. The van der Waals surface area contributed by atoms with Gasteiger partial charge >= 0.3 is 12.1 Å². The summed E-state index contributed by atoms with van der Waals surface area (Å²) in [6.07, 6.45) is -4.74. The molecule has 7 nitrogen and oxygen atoms in total. The van der Waals surface area contributed by atoms with Crippen LogP contribution in [0.1, 0.15) is 34.6 Å². The van der Waals surface area contributed by atoms with E-state index in [0.717, 1.165) is 18.3 Å². The van der Waals surface area contributed by atoms with Crippen molar-refractivity contribution in [1.29, 1.82) is 0 Å². The van der Waals surface area contributed by atoms with Crippen molar-refractivity contribution in [3.05, 3.63) is 53.7 Å². The molecular formula is C19H17F3N2O5. The Bertz CT molecular complexity index is 897. The molecule has 1 amide bonds. The number of halogens is 3. The lowest BCUT2D eigenvalue weighted by molar-refractivity contribution is -0.154. The number of para-hydroxylation sites is 1. The van der Waals surface area contributed by atoms with Crippen molar-refractivity contribution in [2.75, 3.05) is 11.9 Å². The molecule has 0 aliphatic rings. The van der Waals surface area contributed by atoms with Crippen LogP contribution >= 0.6 is 0 Å². The normalized spacial score (nSPS) is 12.0. The van der Waals surface area contributed by atoms with Crippen molar-refractivity contribution in [3.8, 4) is 5.88 Å². The van der Waals surface area contributed by atoms with Gasteiger partial charge in [-0.15, -0.1) is 0 Å². The number of carbonyl (C=O) groups is 3. The van der Waals surface area contributed by atoms with Crippen LogP contribution in [-0.2, 0) is 9.53 Å². The Morgan fingerprint density at radius 2 is 1.83 bits per heavy atom. The molecule has 1 atom stereocenters. The van der Waals surface area contributed by atoms with Gasteiger partial charge in [0.2, 0.25) is 5.88 Å². The van der Waals surface area contributed by atoms with Gasteiger partial charge in [-0.05, 0) is 32.0 Å². The molecule has 0 unspecified atom stereocenters. The van der Waals surface area contributed by atoms with E-state index in [9.17, 15) is 27.6 Å². The van der Waals surface area contributed by atoms with Gasteiger partial charge in [-0.2, -0.15) is 13.2 Å². The van der Waals surface area contributed by atoms with E-state index in [1.54, 1.807) is 18.2 Å². The highest BCUT2D eigenvalue weighted by molar-refractivity contribution is 6.05. The van der Waals surface area contributed by atoms with E-state index in [1.165, 1.54) is 19.9 Å². The molecule has 0 saturated carbocycles. The number of amides is 1. The van der Waals surface area contributed by atoms with E-state index in [4.69, 9.17) is 4.74 Å². The van der Waals surface area contributed by atoms with E-state index in [2.05, 4.69) is 15.0 Å². The number of Topliss-reactive ketones (excluding diaryl/α,β-unsaturated/α-hetero) is 1. The number of anilines is 1. The number of alkyl halides is 3. The Morgan fingerprint density at radius 1 is 1.14 bits per heavy atom. The molecule has 0 aliphatic carbocycles. The highest BCUT2D eigenvalue weighted by atomic mass is 19.4. The van der Waals surface area contributed by atoms with Gasteiger partial charge in [0.05, 0.1) is 11.3 Å². The fourth-order valence-corrected chi connectivity index (χ4v) is 2.16. The van der Waals surface area contributed by atoms with Crippen molar-refractivity contribution >= 4 is 23.3 Å². The second-order valence-electron chi connectivity index (χ2n) is 5.93. The summed E-state index contributed by atoms with van der Waals surface area (Å²) in [5.41, 5.74) is 0.506. The van der Waals surface area contributed by atoms with Gasteiger partial charge in [-0.25, -0.2) is 9.78 Å². The molecule has 0 spiro atoms. The van der Waals surface area contributed by atoms with Gasteiger partial charge in [0.25, 0.3) is 5.91 Å². The Balaban J connectivity index is 1.96.